The van der Waals surface area contributed by atoms with Gasteiger partial charge in [0, 0.05) is 12.7 Å². The summed E-state index contributed by atoms with van der Waals surface area (Å²) in [7, 11) is 1.64. The molecule has 0 aliphatic carbocycles. The Bertz CT molecular complexity index is 334. The summed E-state index contributed by atoms with van der Waals surface area (Å²) in [4.78, 5) is 0. The van der Waals surface area contributed by atoms with Crippen LogP contribution >= 0.6 is 0 Å². The van der Waals surface area contributed by atoms with Crippen molar-refractivity contribution in [2.45, 2.75) is 32.3 Å². The lowest BCUT2D eigenvalue weighted by molar-refractivity contribution is 0.0427. The SMILES string of the molecule is CCCC(C)(O)c1ccccc1OCCOC. The van der Waals surface area contributed by atoms with Gasteiger partial charge in [0.2, 0.25) is 0 Å². The molecular formula is C14H22O3. The van der Waals surface area contributed by atoms with Gasteiger partial charge in [-0.05, 0) is 19.4 Å². The Kier molecular flexibility index (Phi) is 5.45. The van der Waals surface area contributed by atoms with E-state index in [-0.39, 0.29) is 0 Å². The number of ether oxygens (including phenoxy) is 2. The molecule has 0 aromatic heterocycles. The van der Waals surface area contributed by atoms with E-state index in [4.69, 9.17) is 9.47 Å². The molecule has 0 spiro atoms. The minimum absolute atomic E-state index is 0.496. The topological polar surface area (TPSA) is 38.7 Å². The highest BCUT2D eigenvalue weighted by molar-refractivity contribution is 5.37. The largest absolute Gasteiger partial charge is 0.491 e. The number of hydrogen-bond donors (Lipinski definition) is 1. The molecule has 0 aliphatic rings. The normalized spacial score (nSPS) is 14.4. The number of methoxy groups -OCH3 is 1. The first-order chi connectivity index (χ1) is 8.11. The highest BCUT2D eigenvalue weighted by atomic mass is 16.5. The van der Waals surface area contributed by atoms with Crippen LogP contribution in [0.15, 0.2) is 24.3 Å². The van der Waals surface area contributed by atoms with Crippen LogP contribution < -0.4 is 4.74 Å². The van der Waals surface area contributed by atoms with E-state index in [1.165, 1.54) is 0 Å². The Hall–Kier alpha value is -1.06. The predicted molar refractivity (Wildman–Crippen MR) is 68.3 cm³/mol. The Morgan fingerprint density at radius 2 is 1.94 bits per heavy atom. The van der Waals surface area contributed by atoms with Gasteiger partial charge in [0.15, 0.2) is 0 Å². The van der Waals surface area contributed by atoms with Crippen molar-refractivity contribution in [2.75, 3.05) is 20.3 Å². The van der Waals surface area contributed by atoms with Gasteiger partial charge in [0.05, 0.1) is 12.2 Å². The summed E-state index contributed by atoms with van der Waals surface area (Å²) in [6.07, 6.45) is 1.65. The van der Waals surface area contributed by atoms with Gasteiger partial charge in [-0.25, -0.2) is 0 Å². The maximum Gasteiger partial charge on any atom is 0.125 e. The molecule has 3 heteroatoms. The summed E-state index contributed by atoms with van der Waals surface area (Å²) in [5, 5.41) is 10.4. The fourth-order valence-electron chi connectivity index (χ4n) is 1.89. The van der Waals surface area contributed by atoms with Crippen LogP contribution in [0.1, 0.15) is 32.3 Å². The zero-order chi connectivity index (χ0) is 12.7. The van der Waals surface area contributed by atoms with E-state index < -0.39 is 5.60 Å². The molecule has 1 rings (SSSR count). The van der Waals surface area contributed by atoms with Crippen LogP contribution in [0.3, 0.4) is 0 Å². The van der Waals surface area contributed by atoms with Crippen molar-refractivity contribution in [1.29, 1.82) is 0 Å². The molecule has 1 N–H and O–H groups in total. The summed E-state index contributed by atoms with van der Waals surface area (Å²) < 4.78 is 10.6. The van der Waals surface area contributed by atoms with Gasteiger partial charge >= 0.3 is 0 Å². The van der Waals surface area contributed by atoms with Gasteiger partial charge in [-0.1, -0.05) is 31.5 Å². The van der Waals surface area contributed by atoms with Crippen LogP contribution in [0, 0.1) is 0 Å². The molecule has 3 nitrogen and oxygen atoms in total. The van der Waals surface area contributed by atoms with Crippen molar-refractivity contribution in [3.63, 3.8) is 0 Å². The number of hydrogen-bond acceptors (Lipinski definition) is 3. The fraction of sp³-hybridized carbons (Fsp3) is 0.571. The van der Waals surface area contributed by atoms with Crippen molar-refractivity contribution in [2.24, 2.45) is 0 Å². The molecule has 0 bridgehead atoms. The maximum absolute atomic E-state index is 10.4. The Balaban J connectivity index is 2.83. The van der Waals surface area contributed by atoms with Crippen LogP contribution in [0.5, 0.6) is 5.75 Å². The van der Waals surface area contributed by atoms with Gasteiger partial charge in [0.25, 0.3) is 0 Å². The third-order valence-electron chi connectivity index (χ3n) is 2.75. The molecule has 1 aromatic carbocycles. The minimum atomic E-state index is -0.835. The first-order valence-electron chi connectivity index (χ1n) is 6.05. The molecule has 0 saturated carbocycles. The lowest BCUT2D eigenvalue weighted by atomic mass is 9.91. The average Bonchev–Trinajstić information content (AvgIpc) is 2.30. The van der Waals surface area contributed by atoms with Crippen molar-refractivity contribution in [3.8, 4) is 5.75 Å². The zero-order valence-corrected chi connectivity index (χ0v) is 10.9. The van der Waals surface area contributed by atoms with Gasteiger partial charge < -0.3 is 14.6 Å². The predicted octanol–water partition coefficient (Wildman–Crippen LogP) is 2.72. The summed E-state index contributed by atoms with van der Waals surface area (Å²) in [5.74, 6) is 0.739. The third kappa shape index (κ3) is 4.02. The number of rotatable bonds is 7. The van der Waals surface area contributed by atoms with E-state index in [1.807, 2.05) is 31.2 Å². The first-order valence-corrected chi connectivity index (χ1v) is 6.05. The van der Waals surface area contributed by atoms with Crippen LogP contribution in [-0.2, 0) is 10.3 Å². The number of benzene rings is 1. The van der Waals surface area contributed by atoms with Crippen LogP contribution in [0.25, 0.3) is 0 Å². The van der Waals surface area contributed by atoms with Gasteiger partial charge in [-0.3, -0.25) is 0 Å². The van der Waals surface area contributed by atoms with Crippen molar-refractivity contribution < 1.29 is 14.6 Å². The second kappa shape index (κ2) is 6.62. The van der Waals surface area contributed by atoms with E-state index >= 15 is 0 Å². The third-order valence-corrected chi connectivity index (χ3v) is 2.75. The van der Waals surface area contributed by atoms with E-state index in [2.05, 4.69) is 6.92 Å². The minimum Gasteiger partial charge on any atom is -0.491 e. The monoisotopic (exact) mass is 238 g/mol. The van der Waals surface area contributed by atoms with Crippen LogP contribution in [0.2, 0.25) is 0 Å². The molecule has 0 radical (unpaired) electrons. The van der Waals surface area contributed by atoms with Crippen molar-refractivity contribution >= 4 is 0 Å². The molecule has 0 heterocycles. The lowest BCUT2D eigenvalue weighted by Gasteiger charge is -2.25. The highest BCUT2D eigenvalue weighted by Crippen LogP contribution is 2.33. The summed E-state index contributed by atoms with van der Waals surface area (Å²) in [5.41, 5.74) is 0.0104. The van der Waals surface area contributed by atoms with E-state index in [0.29, 0.717) is 13.2 Å². The average molecular weight is 238 g/mol. The van der Waals surface area contributed by atoms with Gasteiger partial charge in [0.1, 0.15) is 12.4 Å². The highest BCUT2D eigenvalue weighted by Gasteiger charge is 2.25. The van der Waals surface area contributed by atoms with E-state index in [1.54, 1.807) is 7.11 Å². The van der Waals surface area contributed by atoms with Gasteiger partial charge in [-0.15, -0.1) is 0 Å². The molecule has 1 aromatic rings. The van der Waals surface area contributed by atoms with Crippen molar-refractivity contribution in [3.05, 3.63) is 29.8 Å². The summed E-state index contributed by atoms with van der Waals surface area (Å²) in [6.45, 7) is 4.93. The fourth-order valence-corrected chi connectivity index (χ4v) is 1.89. The Morgan fingerprint density at radius 1 is 1.24 bits per heavy atom. The molecule has 0 aliphatic heterocycles. The molecule has 96 valence electrons. The number of para-hydroxylation sites is 1. The van der Waals surface area contributed by atoms with Gasteiger partial charge in [-0.2, -0.15) is 0 Å². The molecule has 0 amide bonds. The van der Waals surface area contributed by atoms with E-state index in [0.717, 1.165) is 24.2 Å². The van der Waals surface area contributed by atoms with Crippen molar-refractivity contribution in [1.82, 2.24) is 0 Å². The molecule has 0 fully saturated rings. The molecule has 1 unspecified atom stereocenters. The second-order valence-corrected chi connectivity index (χ2v) is 4.36. The van der Waals surface area contributed by atoms with E-state index in [9.17, 15) is 5.11 Å². The smallest absolute Gasteiger partial charge is 0.125 e. The maximum atomic E-state index is 10.4. The molecule has 1 atom stereocenters. The summed E-state index contributed by atoms with van der Waals surface area (Å²) >= 11 is 0. The molecule has 0 saturated heterocycles. The Labute approximate surface area is 103 Å². The van der Waals surface area contributed by atoms with Crippen LogP contribution in [-0.4, -0.2) is 25.4 Å². The molecule has 17 heavy (non-hydrogen) atoms. The Morgan fingerprint density at radius 3 is 2.59 bits per heavy atom. The number of aliphatic hydroxyl groups is 1. The first kappa shape index (κ1) is 14.0. The summed E-state index contributed by atoms with van der Waals surface area (Å²) in [6, 6.07) is 7.63. The standard InChI is InChI=1S/C14H22O3/c1-4-9-14(2,15)12-7-5-6-8-13(12)17-11-10-16-3/h5-8,15H,4,9-11H2,1-3H3. The lowest BCUT2D eigenvalue weighted by Crippen LogP contribution is -2.22. The quantitative estimate of drug-likeness (QED) is 0.742. The van der Waals surface area contributed by atoms with Crippen LogP contribution in [0.4, 0.5) is 0 Å². The zero-order valence-electron chi connectivity index (χ0n) is 10.9. The second-order valence-electron chi connectivity index (χ2n) is 4.36. The molecular weight excluding hydrogens is 216 g/mol.